The number of aromatic nitrogens is 2. The van der Waals surface area contributed by atoms with Crippen LogP contribution < -0.4 is 10.1 Å². The Balaban J connectivity index is 2.16. The highest BCUT2D eigenvalue weighted by atomic mass is 79.9. The molecule has 0 saturated carbocycles. The molecule has 2 aromatic rings. The molecule has 0 spiro atoms. The van der Waals surface area contributed by atoms with Crippen molar-refractivity contribution >= 4 is 27.3 Å². The van der Waals surface area contributed by atoms with E-state index in [2.05, 4.69) is 45.3 Å². The molecule has 0 saturated heterocycles. The Kier molecular flexibility index (Phi) is 4.90. The maximum absolute atomic E-state index is 5.22. The molecule has 0 amide bonds. The molecule has 1 aromatic heterocycles. The summed E-state index contributed by atoms with van der Waals surface area (Å²) in [5.41, 5.74) is 1.04. The molecule has 0 radical (unpaired) electrons. The van der Waals surface area contributed by atoms with Crippen molar-refractivity contribution in [2.75, 3.05) is 7.11 Å². The minimum atomic E-state index is 0.447. The first kappa shape index (κ1) is 14.4. The second-order valence-electron chi connectivity index (χ2n) is 4.39. The average Bonchev–Trinajstić information content (AvgIpc) is 2.85. The lowest BCUT2D eigenvalue weighted by atomic mass is 10.2. The summed E-state index contributed by atoms with van der Waals surface area (Å²) in [4.78, 5) is 0. The van der Waals surface area contributed by atoms with Crippen molar-refractivity contribution in [2.24, 2.45) is 0 Å². The molecule has 6 heteroatoms. The lowest BCUT2D eigenvalue weighted by molar-refractivity contribution is 0.412. The van der Waals surface area contributed by atoms with Crippen LogP contribution in [0.5, 0.6) is 5.75 Å². The second-order valence-corrected chi connectivity index (χ2v) is 6.30. The van der Waals surface area contributed by atoms with E-state index >= 15 is 0 Å². The lowest BCUT2D eigenvalue weighted by Crippen LogP contribution is -2.21. The highest BCUT2D eigenvalue weighted by Crippen LogP contribution is 2.31. The Bertz CT molecular complexity index is 557. The molecule has 0 aliphatic heterocycles. The molecule has 1 N–H and O–H groups in total. The lowest BCUT2D eigenvalue weighted by Gasteiger charge is -2.04. The van der Waals surface area contributed by atoms with Gasteiger partial charge in [0, 0.05) is 18.2 Å². The maximum atomic E-state index is 5.22. The third-order valence-electron chi connectivity index (χ3n) is 2.53. The molecule has 0 atom stereocenters. The van der Waals surface area contributed by atoms with Gasteiger partial charge in [0.2, 0.25) is 0 Å². The fraction of sp³-hybridized carbons (Fsp3) is 0.385. The maximum Gasteiger partial charge on any atom is 0.147 e. The number of nitrogens with zero attached hydrogens (tertiary/aromatic N) is 2. The molecule has 102 valence electrons. The molecule has 4 nitrogen and oxygen atoms in total. The number of rotatable bonds is 5. The van der Waals surface area contributed by atoms with Crippen molar-refractivity contribution in [3.05, 3.63) is 27.7 Å². The van der Waals surface area contributed by atoms with Gasteiger partial charge in [-0.1, -0.05) is 25.2 Å². The standard InChI is InChI=1S/C13H16BrN3OS/c1-8(2)15-7-12-16-17-13(19-12)9-4-5-11(18-3)10(14)6-9/h4-6,8,15H,7H2,1-3H3. The minimum Gasteiger partial charge on any atom is -0.496 e. The van der Waals surface area contributed by atoms with Gasteiger partial charge in [0.25, 0.3) is 0 Å². The number of methoxy groups -OCH3 is 1. The van der Waals surface area contributed by atoms with E-state index in [1.165, 1.54) is 0 Å². The molecule has 1 heterocycles. The van der Waals surface area contributed by atoms with Gasteiger partial charge >= 0.3 is 0 Å². The topological polar surface area (TPSA) is 47.0 Å². The Hall–Kier alpha value is -0.980. The molecule has 2 rings (SSSR count). The van der Waals surface area contributed by atoms with E-state index in [1.54, 1.807) is 18.4 Å². The average molecular weight is 342 g/mol. The normalized spacial score (nSPS) is 11.0. The van der Waals surface area contributed by atoms with Crippen LogP contribution in [-0.2, 0) is 6.54 Å². The zero-order valence-corrected chi connectivity index (χ0v) is 13.5. The third-order valence-corrected chi connectivity index (χ3v) is 4.12. The number of halogens is 1. The van der Waals surface area contributed by atoms with Crippen molar-refractivity contribution in [1.29, 1.82) is 0 Å². The zero-order chi connectivity index (χ0) is 13.8. The van der Waals surface area contributed by atoms with E-state index in [0.29, 0.717) is 6.04 Å². The molecule has 0 aliphatic carbocycles. The first-order chi connectivity index (χ1) is 9.10. The van der Waals surface area contributed by atoms with Crippen LogP contribution in [0.1, 0.15) is 18.9 Å². The van der Waals surface area contributed by atoms with E-state index in [9.17, 15) is 0 Å². The van der Waals surface area contributed by atoms with Gasteiger partial charge in [-0.3, -0.25) is 0 Å². The molecular weight excluding hydrogens is 326 g/mol. The molecule has 0 bridgehead atoms. The first-order valence-corrected chi connectivity index (χ1v) is 7.60. The highest BCUT2D eigenvalue weighted by Gasteiger charge is 2.09. The van der Waals surface area contributed by atoms with Crippen LogP contribution >= 0.6 is 27.3 Å². The van der Waals surface area contributed by atoms with Gasteiger partial charge in [-0.2, -0.15) is 0 Å². The summed E-state index contributed by atoms with van der Waals surface area (Å²) in [5, 5.41) is 13.7. The quantitative estimate of drug-likeness (QED) is 0.904. The summed E-state index contributed by atoms with van der Waals surface area (Å²) in [6.07, 6.45) is 0. The van der Waals surface area contributed by atoms with Crippen molar-refractivity contribution in [3.8, 4) is 16.3 Å². The Morgan fingerprint density at radius 2 is 2.16 bits per heavy atom. The van der Waals surface area contributed by atoms with Crippen LogP contribution in [0.15, 0.2) is 22.7 Å². The summed E-state index contributed by atoms with van der Waals surface area (Å²) in [7, 11) is 1.65. The van der Waals surface area contributed by atoms with Crippen molar-refractivity contribution in [1.82, 2.24) is 15.5 Å². The Labute approximate surface area is 125 Å². The van der Waals surface area contributed by atoms with Gasteiger partial charge < -0.3 is 10.1 Å². The van der Waals surface area contributed by atoms with E-state index < -0.39 is 0 Å². The van der Waals surface area contributed by atoms with Crippen LogP contribution in [0.3, 0.4) is 0 Å². The van der Waals surface area contributed by atoms with Gasteiger partial charge in [-0.05, 0) is 34.1 Å². The van der Waals surface area contributed by atoms with E-state index in [1.807, 2.05) is 18.2 Å². The molecule has 0 unspecified atom stereocenters. The van der Waals surface area contributed by atoms with Crippen LogP contribution in [0.4, 0.5) is 0 Å². The van der Waals surface area contributed by atoms with Crippen LogP contribution in [-0.4, -0.2) is 23.3 Å². The monoisotopic (exact) mass is 341 g/mol. The van der Waals surface area contributed by atoms with Gasteiger partial charge in [-0.15, -0.1) is 10.2 Å². The van der Waals surface area contributed by atoms with Crippen molar-refractivity contribution in [3.63, 3.8) is 0 Å². The number of hydrogen-bond acceptors (Lipinski definition) is 5. The number of ether oxygens (including phenoxy) is 1. The van der Waals surface area contributed by atoms with Gasteiger partial charge in [0.1, 0.15) is 15.8 Å². The molecule has 1 aromatic carbocycles. The van der Waals surface area contributed by atoms with Crippen molar-refractivity contribution < 1.29 is 4.74 Å². The molecular formula is C13H16BrN3OS. The summed E-state index contributed by atoms with van der Waals surface area (Å²) >= 11 is 5.08. The summed E-state index contributed by atoms with van der Waals surface area (Å²) < 4.78 is 6.14. The Morgan fingerprint density at radius 3 is 2.79 bits per heavy atom. The van der Waals surface area contributed by atoms with Crippen LogP contribution in [0, 0.1) is 0 Å². The SMILES string of the molecule is COc1ccc(-c2nnc(CNC(C)C)s2)cc1Br. The summed E-state index contributed by atoms with van der Waals surface area (Å²) in [5.74, 6) is 0.815. The van der Waals surface area contributed by atoms with E-state index in [4.69, 9.17) is 4.74 Å². The predicted molar refractivity (Wildman–Crippen MR) is 81.6 cm³/mol. The zero-order valence-electron chi connectivity index (χ0n) is 11.1. The van der Waals surface area contributed by atoms with Gasteiger partial charge in [0.15, 0.2) is 0 Å². The molecule has 19 heavy (non-hydrogen) atoms. The number of nitrogens with one attached hydrogen (secondary N) is 1. The molecule has 0 aliphatic rings. The van der Waals surface area contributed by atoms with Crippen LogP contribution in [0.25, 0.3) is 10.6 Å². The van der Waals surface area contributed by atoms with Gasteiger partial charge in [-0.25, -0.2) is 0 Å². The fourth-order valence-electron chi connectivity index (χ4n) is 1.53. The fourth-order valence-corrected chi connectivity index (χ4v) is 2.86. The largest absolute Gasteiger partial charge is 0.496 e. The predicted octanol–water partition coefficient (Wildman–Crippen LogP) is 3.47. The Morgan fingerprint density at radius 1 is 1.37 bits per heavy atom. The number of benzene rings is 1. The highest BCUT2D eigenvalue weighted by molar-refractivity contribution is 9.10. The molecule has 0 fully saturated rings. The van der Waals surface area contributed by atoms with E-state index in [-0.39, 0.29) is 0 Å². The summed E-state index contributed by atoms with van der Waals surface area (Å²) in [6.45, 7) is 4.98. The smallest absolute Gasteiger partial charge is 0.147 e. The minimum absolute atomic E-state index is 0.447. The van der Waals surface area contributed by atoms with Crippen LogP contribution in [0.2, 0.25) is 0 Å². The second kappa shape index (κ2) is 6.45. The van der Waals surface area contributed by atoms with Crippen molar-refractivity contribution in [2.45, 2.75) is 26.4 Å². The number of hydrogen-bond donors (Lipinski definition) is 1. The first-order valence-electron chi connectivity index (χ1n) is 6.00. The summed E-state index contributed by atoms with van der Waals surface area (Å²) in [6, 6.07) is 6.36. The van der Waals surface area contributed by atoms with E-state index in [0.717, 1.165) is 32.3 Å². The third kappa shape index (κ3) is 3.75. The van der Waals surface area contributed by atoms with Gasteiger partial charge in [0.05, 0.1) is 11.6 Å².